The molecule has 19 heavy (non-hydrogen) atoms. The molecule has 0 aromatic rings. The predicted octanol–water partition coefficient (Wildman–Crippen LogP) is 2.38. The quantitative estimate of drug-likeness (QED) is 0.854. The van der Waals surface area contributed by atoms with Crippen LogP contribution in [0.3, 0.4) is 0 Å². The molecule has 1 amide bonds. The van der Waals surface area contributed by atoms with Crippen molar-refractivity contribution >= 4 is 11.9 Å². The van der Waals surface area contributed by atoms with Crippen LogP contribution in [0.15, 0.2) is 0 Å². The van der Waals surface area contributed by atoms with Crippen LogP contribution in [0, 0.1) is 22.7 Å². The molecule has 2 aliphatic rings. The number of rotatable bonds is 3. The van der Waals surface area contributed by atoms with Crippen LogP contribution in [0.1, 0.15) is 47.0 Å². The predicted molar refractivity (Wildman–Crippen MR) is 72.6 cm³/mol. The van der Waals surface area contributed by atoms with Crippen molar-refractivity contribution in [1.82, 2.24) is 4.90 Å². The molecule has 2 fully saturated rings. The van der Waals surface area contributed by atoms with Crippen LogP contribution in [0.2, 0.25) is 0 Å². The molecule has 1 heterocycles. The lowest BCUT2D eigenvalue weighted by Gasteiger charge is -2.32. The Labute approximate surface area is 115 Å². The third-order valence-corrected chi connectivity index (χ3v) is 5.66. The summed E-state index contributed by atoms with van der Waals surface area (Å²) in [6, 6.07) is 0. The lowest BCUT2D eigenvalue weighted by atomic mass is 9.93. The average Bonchev–Trinajstić information content (AvgIpc) is 2.68. The van der Waals surface area contributed by atoms with Crippen molar-refractivity contribution in [3.63, 3.8) is 0 Å². The summed E-state index contributed by atoms with van der Waals surface area (Å²) < 4.78 is 0. The number of hydrogen-bond donors (Lipinski definition) is 1. The zero-order valence-electron chi connectivity index (χ0n) is 12.4. The largest absolute Gasteiger partial charge is 0.481 e. The fourth-order valence-electron chi connectivity index (χ4n) is 3.60. The molecule has 0 radical (unpaired) electrons. The minimum Gasteiger partial charge on any atom is -0.481 e. The molecule has 108 valence electrons. The van der Waals surface area contributed by atoms with E-state index in [0.717, 1.165) is 25.9 Å². The van der Waals surface area contributed by atoms with Gasteiger partial charge in [-0.2, -0.15) is 0 Å². The summed E-state index contributed by atoms with van der Waals surface area (Å²) in [5.41, 5.74) is 0.171. The molecule has 0 bridgehead atoms. The Balaban J connectivity index is 1.89. The lowest BCUT2D eigenvalue weighted by molar-refractivity contribution is -0.139. The van der Waals surface area contributed by atoms with Crippen molar-refractivity contribution in [3.8, 4) is 0 Å². The molecule has 0 aromatic heterocycles. The minimum atomic E-state index is -0.728. The molecule has 0 aromatic carbocycles. The van der Waals surface area contributed by atoms with Gasteiger partial charge in [0, 0.05) is 25.4 Å². The van der Waals surface area contributed by atoms with Gasteiger partial charge in [0.25, 0.3) is 0 Å². The second kappa shape index (κ2) is 4.50. The fraction of sp³-hybridized carbons (Fsp3) is 0.867. The zero-order chi connectivity index (χ0) is 14.4. The van der Waals surface area contributed by atoms with E-state index < -0.39 is 5.97 Å². The smallest absolute Gasteiger partial charge is 0.303 e. The van der Waals surface area contributed by atoms with Crippen molar-refractivity contribution in [2.24, 2.45) is 22.7 Å². The normalized spacial score (nSPS) is 26.2. The summed E-state index contributed by atoms with van der Waals surface area (Å²) in [6.45, 7) is 10.1. The molecule has 0 unspecified atom stereocenters. The molecule has 1 aliphatic heterocycles. The number of carbonyl (C=O) groups excluding carboxylic acids is 1. The van der Waals surface area contributed by atoms with E-state index >= 15 is 0 Å². The number of carbonyl (C=O) groups is 2. The molecule has 1 saturated carbocycles. The number of aliphatic carboxylic acids is 1. The van der Waals surface area contributed by atoms with Gasteiger partial charge in [0.2, 0.25) is 5.91 Å². The maximum atomic E-state index is 12.5. The highest BCUT2D eigenvalue weighted by Crippen LogP contribution is 2.68. The number of amides is 1. The van der Waals surface area contributed by atoms with E-state index in [2.05, 4.69) is 27.7 Å². The van der Waals surface area contributed by atoms with Gasteiger partial charge in [-0.1, -0.05) is 27.7 Å². The maximum absolute atomic E-state index is 12.5. The summed E-state index contributed by atoms with van der Waals surface area (Å²) in [5, 5.41) is 8.80. The van der Waals surface area contributed by atoms with Gasteiger partial charge in [-0.3, -0.25) is 9.59 Å². The van der Waals surface area contributed by atoms with Crippen LogP contribution in [-0.4, -0.2) is 35.0 Å². The molecular formula is C15H25NO3. The van der Waals surface area contributed by atoms with E-state index in [0.29, 0.717) is 0 Å². The topological polar surface area (TPSA) is 57.6 Å². The second-order valence-electron chi connectivity index (χ2n) is 7.24. The Morgan fingerprint density at radius 2 is 1.58 bits per heavy atom. The Hall–Kier alpha value is -1.06. The van der Waals surface area contributed by atoms with Crippen LogP contribution in [0.4, 0.5) is 0 Å². The monoisotopic (exact) mass is 267 g/mol. The third kappa shape index (κ3) is 2.37. The highest BCUT2D eigenvalue weighted by molar-refractivity contribution is 5.84. The summed E-state index contributed by atoms with van der Waals surface area (Å²) in [5.74, 6) is -0.101. The number of hydrogen-bond acceptors (Lipinski definition) is 2. The van der Waals surface area contributed by atoms with Crippen LogP contribution in [-0.2, 0) is 9.59 Å². The van der Waals surface area contributed by atoms with Crippen molar-refractivity contribution in [3.05, 3.63) is 0 Å². The van der Waals surface area contributed by atoms with Crippen molar-refractivity contribution < 1.29 is 14.7 Å². The minimum absolute atomic E-state index is 0.0853. The van der Waals surface area contributed by atoms with Gasteiger partial charge in [0.05, 0.1) is 0 Å². The van der Waals surface area contributed by atoms with Gasteiger partial charge in [-0.25, -0.2) is 0 Å². The average molecular weight is 267 g/mol. The van der Waals surface area contributed by atoms with E-state index in [1.54, 1.807) is 0 Å². The molecule has 4 heteroatoms. The van der Waals surface area contributed by atoms with E-state index in [-0.39, 0.29) is 35.0 Å². The molecule has 4 nitrogen and oxygen atoms in total. The number of likely N-dealkylation sites (tertiary alicyclic amines) is 1. The molecule has 1 aliphatic carbocycles. The van der Waals surface area contributed by atoms with E-state index in [1.165, 1.54) is 0 Å². The number of carboxylic acids is 1. The zero-order valence-corrected chi connectivity index (χ0v) is 12.4. The summed E-state index contributed by atoms with van der Waals surface area (Å²) in [4.78, 5) is 25.2. The standard InChI is InChI=1S/C15H25NO3/c1-14(2)12(15(14,3)4)13(19)16-7-5-10(6-8-16)9-11(17)18/h10,12H,5-9H2,1-4H3,(H,17,18). The lowest BCUT2D eigenvalue weighted by Crippen LogP contribution is -2.40. The van der Waals surface area contributed by atoms with Gasteiger partial charge in [-0.05, 0) is 29.6 Å². The van der Waals surface area contributed by atoms with Gasteiger partial charge < -0.3 is 10.0 Å². The van der Waals surface area contributed by atoms with E-state index in [1.807, 2.05) is 4.90 Å². The second-order valence-corrected chi connectivity index (χ2v) is 7.24. The molecule has 2 rings (SSSR count). The van der Waals surface area contributed by atoms with Gasteiger partial charge in [0.15, 0.2) is 0 Å². The molecule has 1 N–H and O–H groups in total. The summed E-state index contributed by atoms with van der Waals surface area (Å²) in [6.07, 6.45) is 1.89. The van der Waals surface area contributed by atoms with Crippen LogP contribution >= 0.6 is 0 Å². The Morgan fingerprint density at radius 3 is 1.95 bits per heavy atom. The maximum Gasteiger partial charge on any atom is 0.303 e. The van der Waals surface area contributed by atoms with Gasteiger partial charge in [0.1, 0.15) is 0 Å². The van der Waals surface area contributed by atoms with Crippen molar-refractivity contribution in [2.75, 3.05) is 13.1 Å². The van der Waals surface area contributed by atoms with Crippen molar-refractivity contribution in [2.45, 2.75) is 47.0 Å². The van der Waals surface area contributed by atoms with Crippen LogP contribution in [0.5, 0.6) is 0 Å². The summed E-state index contributed by atoms with van der Waals surface area (Å²) in [7, 11) is 0. The fourth-order valence-corrected chi connectivity index (χ4v) is 3.60. The number of nitrogens with zero attached hydrogens (tertiary/aromatic N) is 1. The first-order valence-electron chi connectivity index (χ1n) is 7.18. The molecule has 0 atom stereocenters. The van der Waals surface area contributed by atoms with E-state index in [9.17, 15) is 9.59 Å². The van der Waals surface area contributed by atoms with Crippen molar-refractivity contribution in [1.29, 1.82) is 0 Å². The molecule has 0 spiro atoms. The van der Waals surface area contributed by atoms with Gasteiger partial charge >= 0.3 is 5.97 Å². The SMILES string of the molecule is CC1(C)C(C(=O)N2CCC(CC(=O)O)CC2)C1(C)C. The first-order valence-corrected chi connectivity index (χ1v) is 7.18. The number of piperidine rings is 1. The Morgan fingerprint density at radius 1 is 1.11 bits per heavy atom. The van der Waals surface area contributed by atoms with Crippen LogP contribution in [0.25, 0.3) is 0 Å². The van der Waals surface area contributed by atoms with Gasteiger partial charge in [-0.15, -0.1) is 0 Å². The van der Waals surface area contributed by atoms with Crippen LogP contribution < -0.4 is 0 Å². The Kier molecular flexibility index (Phi) is 3.40. The molecule has 1 saturated heterocycles. The number of carboxylic acid groups (broad SMARTS) is 1. The highest BCUT2D eigenvalue weighted by Gasteiger charge is 2.68. The first-order chi connectivity index (χ1) is 8.68. The highest BCUT2D eigenvalue weighted by atomic mass is 16.4. The molecular weight excluding hydrogens is 242 g/mol. The summed E-state index contributed by atoms with van der Waals surface area (Å²) >= 11 is 0. The Bertz CT molecular complexity index is 378. The third-order valence-electron chi connectivity index (χ3n) is 5.66. The van der Waals surface area contributed by atoms with E-state index in [4.69, 9.17) is 5.11 Å². The first kappa shape index (κ1) is 14.4.